The van der Waals surface area contributed by atoms with Crippen LogP contribution >= 0.6 is 0 Å². The first-order valence-electron chi connectivity index (χ1n) is 13.1. The van der Waals surface area contributed by atoms with Gasteiger partial charge in [-0.1, -0.05) is 27.7 Å². The van der Waals surface area contributed by atoms with Gasteiger partial charge in [0.2, 0.25) is 17.7 Å². The van der Waals surface area contributed by atoms with Crippen molar-refractivity contribution in [2.45, 2.75) is 34.6 Å². The molecule has 0 aliphatic heterocycles. The van der Waals surface area contributed by atoms with E-state index in [4.69, 9.17) is 15.3 Å². The minimum Gasteiger partial charge on any atom is -0.484 e. The van der Waals surface area contributed by atoms with Crippen molar-refractivity contribution in [3.8, 4) is 11.5 Å². The number of carbonyl (C=O) groups excluding carboxylic acids is 6. The highest BCUT2D eigenvalue weighted by Gasteiger charge is 2.21. The van der Waals surface area contributed by atoms with Gasteiger partial charge in [0.25, 0.3) is 17.7 Å². The number of hydrazine groups is 1. The first-order valence-corrected chi connectivity index (χ1v) is 13.1. The molecular weight excluding hydrogens is 538 g/mol. The van der Waals surface area contributed by atoms with Gasteiger partial charge in [0, 0.05) is 27.2 Å². The number of likely N-dealkylation sites (N-methyl/N-ethyl adjacent to an activating group) is 3. The van der Waals surface area contributed by atoms with E-state index in [9.17, 15) is 28.8 Å². The van der Waals surface area contributed by atoms with Crippen molar-refractivity contribution in [1.29, 1.82) is 0 Å². The summed E-state index contributed by atoms with van der Waals surface area (Å²) < 4.78 is 11.1. The predicted octanol–water partition coefficient (Wildman–Crippen LogP) is -1.31. The van der Waals surface area contributed by atoms with E-state index in [1.165, 1.54) is 27.2 Å². The lowest BCUT2D eigenvalue weighted by Gasteiger charge is -2.22. The Kier molecular flexibility index (Phi) is 21.2. The second kappa shape index (κ2) is 22.4. The van der Waals surface area contributed by atoms with Crippen LogP contribution in [0, 0.1) is 6.92 Å². The van der Waals surface area contributed by atoms with Crippen LogP contribution in [0.25, 0.3) is 0 Å². The number of carbonyl (C=O) groups is 6. The zero-order chi connectivity index (χ0) is 32.0. The first-order chi connectivity index (χ1) is 19.5. The summed E-state index contributed by atoms with van der Waals surface area (Å²) in [6.07, 6.45) is 0. The number of amides is 6. The van der Waals surface area contributed by atoms with Crippen LogP contribution in [0.5, 0.6) is 11.5 Å². The molecule has 15 nitrogen and oxygen atoms in total. The van der Waals surface area contributed by atoms with Gasteiger partial charge in [0.1, 0.15) is 37.7 Å². The second-order valence-corrected chi connectivity index (χ2v) is 7.65. The fourth-order valence-corrected chi connectivity index (χ4v) is 2.79. The molecular formula is C26H45N7O8. The predicted molar refractivity (Wildman–Crippen MR) is 153 cm³/mol. The number of hydrogen-bond donors (Lipinski definition) is 5. The smallest absolute Gasteiger partial charge is 0.261 e. The summed E-state index contributed by atoms with van der Waals surface area (Å²) in [4.78, 5) is 73.9. The Morgan fingerprint density at radius 2 is 0.951 bits per heavy atom. The number of aryl methyl sites for hydroxylation is 1. The summed E-state index contributed by atoms with van der Waals surface area (Å²) in [7, 11) is 4.20. The topological polar surface area (TPSA) is 202 Å². The van der Waals surface area contributed by atoms with Crippen molar-refractivity contribution < 1.29 is 38.2 Å². The molecule has 0 heterocycles. The minimum atomic E-state index is -0.671. The zero-order valence-electron chi connectivity index (χ0n) is 25.2. The normalized spacial score (nSPS) is 9.29. The molecule has 0 aliphatic rings. The third-order valence-electron chi connectivity index (χ3n) is 4.79. The molecule has 0 saturated heterocycles. The van der Waals surface area contributed by atoms with Crippen molar-refractivity contribution in [1.82, 2.24) is 31.2 Å². The molecule has 6 amide bonds. The zero-order valence-corrected chi connectivity index (χ0v) is 25.2. The largest absolute Gasteiger partial charge is 0.484 e. The Morgan fingerprint density at radius 3 is 1.24 bits per heavy atom. The van der Waals surface area contributed by atoms with E-state index in [-0.39, 0.29) is 31.1 Å². The number of hydrogen-bond acceptors (Lipinski definition) is 9. The summed E-state index contributed by atoms with van der Waals surface area (Å²) >= 11 is 0. The van der Waals surface area contributed by atoms with Gasteiger partial charge in [0.05, 0.1) is 0 Å². The SMILES string of the molecule is CC.CC.CNC(=O)CN(CC(=O)NC)C(=O)COc1cc(C)cc(OCC(=O)N(CC(=O)NC)CC(=O)NN)c1. The van der Waals surface area contributed by atoms with Crippen LogP contribution in [0.4, 0.5) is 0 Å². The summed E-state index contributed by atoms with van der Waals surface area (Å²) in [6.45, 7) is 7.29. The average Bonchev–Trinajstić information content (AvgIpc) is 2.99. The van der Waals surface area contributed by atoms with Gasteiger partial charge in [-0.05, 0) is 24.6 Å². The average molecular weight is 584 g/mol. The molecule has 0 fully saturated rings. The molecule has 1 aromatic carbocycles. The van der Waals surface area contributed by atoms with E-state index in [0.29, 0.717) is 5.56 Å². The first kappa shape index (κ1) is 38.7. The second-order valence-electron chi connectivity index (χ2n) is 7.65. The maximum Gasteiger partial charge on any atom is 0.261 e. The third kappa shape index (κ3) is 16.3. The van der Waals surface area contributed by atoms with Crippen molar-refractivity contribution in [3.63, 3.8) is 0 Å². The maximum absolute atomic E-state index is 12.6. The highest BCUT2D eigenvalue weighted by Crippen LogP contribution is 2.23. The van der Waals surface area contributed by atoms with Crippen LogP contribution < -0.4 is 36.7 Å². The number of nitrogens with two attached hydrogens (primary N) is 1. The summed E-state index contributed by atoms with van der Waals surface area (Å²) in [6, 6.07) is 4.67. The van der Waals surface area contributed by atoms with E-state index in [0.717, 1.165) is 9.80 Å². The molecule has 0 spiro atoms. The molecule has 41 heavy (non-hydrogen) atoms. The molecule has 15 heteroatoms. The molecule has 1 aromatic rings. The van der Waals surface area contributed by atoms with E-state index in [1.54, 1.807) is 19.1 Å². The van der Waals surface area contributed by atoms with Crippen LogP contribution in [-0.2, 0) is 28.8 Å². The third-order valence-corrected chi connectivity index (χ3v) is 4.79. The number of rotatable bonds is 14. The molecule has 6 N–H and O–H groups in total. The number of nitrogens with zero attached hydrogens (tertiary/aromatic N) is 2. The Bertz CT molecular complexity index is 894. The van der Waals surface area contributed by atoms with Crippen molar-refractivity contribution in [2.75, 3.05) is 60.5 Å². The number of nitrogens with one attached hydrogen (secondary N) is 4. The Morgan fingerprint density at radius 1 is 0.634 bits per heavy atom. The van der Waals surface area contributed by atoms with Gasteiger partial charge in [-0.25, -0.2) is 5.84 Å². The van der Waals surface area contributed by atoms with Gasteiger partial charge in [-0.3, -0.25) is 34.2 Å². The van der Waals surface area contributed by atoms with Crippen molar-refractivity contribution >= 4 is 35.4 Å². The van der Waals surface area contributed by atoms with E-state index in [2.05, 4.69) is 16.0 Å². The molecule has 0 atom stereocenters. The Hall–Kier alpha value is -4.40. The highest BCUT2D eigenvalue weighted by molar-refractivity contribution is 5.90. The minimum absolute atomic E-state index is 0.228. The monoisotopic (exact) mass is 583 g/mol. The summed E-state index contributed by atoms with van der Waals surface area (Å²) in [5.74, 6) is 2.20. The van der Waals surface area contributed by atoms with Gasteiger partial charge < -0.3 is 35.2 Å². The molecule has 0 aromatic heterocycles. The molecule has 0 radical (unpaired) electrons. The standard InChI is InChI=1S/C22H33N7O8.2C2H6/c1-14-5-15(36-12-21(34)28(8-17(30)24-2)9-18(31)25-3)7-16(6-14)37-13-22(35)29(10-19(32)26-4)11-20(33)27-23;2*1-2/h5-7H,8-13,23H2,1-4H3,(H,24,30)(H,25,31)(H,26,32)(H,27,33);2*1-2H3. The lowest BCUT2D eigenvalue weighted by atomic mass is 10.2. The summed E-state index contributed by atoms with van der Waals surface area (Å²) in [5.41, 5.74) is 2.58. The van der Waals surface area contributed by atoms with Gasteiger partial charge >= 0.3 is 0 Å². The molecule has 0 bridgehead atoms. The van der Waals surface area contributed by atoms with Crippen LogP contribution in [-0.4, -0.2) is 106 Å². The van der Waals surface area contributed by atoms with Crippen LogP contribution in [0.1, 0.15) is 33.3 Å². The van der Waals surface area contributed by atoms with E-state index >= 15 is 0 Å². The highest BCUT2D eigenvalue weighted by atomic mass is 16.5. The molecule has 1 rings (SSSR count). The van der Waals surface area contributed by atoms with Crippen molar-refractivity contribution in [2.24, 2.45) is 5.84 Å². The van der Waals surface area contributed by atoms with Crippen LogP contribution in [0.2, 0.25) is 0 Å². The summed E-state index contributed by atoms with van der Waals surface area (Å²) in [5, 5.41) is 7.13. The fourth-order valence-electron chi connectivity index (χ4n) is 2.79. The van der Waals surface area contributed by atoms with Gasteiger partial charge in [-0.2, -0.15) is 0 Å². The fraction of sp³-hybridized carbons (Fsp3) is 0.538. The Labute approximate surface area is 241 Å². The molecule has 0 saturated carbocycles. The maximum atomic E-state index is 12.6. The number of ether oxygens (including phenoxy) is 2. The molecule has 232 valence electrons. The van der Waals surface area contributed by atoms with Gasteiger partial charge in [-0.15, -0.1) is 0 Å². The lowest BCUT2D eigenvalue weighted by molar-refractivity contribution is -0.140. The lowest BCUT2D eigenvalue weighted by Crippen LogP contribution is -2.48. The van der Waals surface area contributed by atoms with E-state index < -0.39 is 55.2 Å². The number of benzene rings is 1. The molecule has 0 unspecified atom stereocenters. The van der Waals surface area contributed by atoms with Crippen LogP contribution in [0.3, 0.4) is 0 Å². The van der Waals surface area contributed by atoms with E-state index in [1.807, 2.05) is 33.1 Å². The van der Waals surface area contributed by atoms with Crippen LogP contribution in [0.15, 0.2) is 18.2 Å². The quantitative estimate of drug-likeness (QED) is 0.100. The van der Waals surface area contributed by atoms with Gasteiger partial charge in [0.15, 0.2) is 13.2 Å². The van der Waals surface area contributed by atoms with Crippen molar-refractivity contribution in [3.05, 3.63) is 23.8 Å². The Balaban J connectivity index is 0. The molecule has 0 aliphatic carbocycles.